The average molecular weight is 304 g/mol. The summed E-state index contributed by atoms with van der Waals surface area (Å²) in [5, 5.41) is 3.63. The van der Waals surface area contributed by atoms with Gasteiger partial charge in [0.1, 0.15) is 0 Å². The molecule has 1 amide bonds. The summed E-state index contributed by atoms with van der Waals surface area (Å²) < 4.78 is 0. The monoisotopic (exact) mass is 304 g/mol. The first-order chi connectivity index (χ1) is 9.63. The fourth-order valence-electron chi connectivity index (χ4n) is 2.42. The van der Waals surface area contributed by atoms with Crippen molar-refractivity contribution in [3.05, 3.63) is 39.9 Å². The van der Waals surface area contributed by atoms with Crippen LogP contribution in [-0.4, -0.2) is 10.9 Å². The van der Waals surface area contributed by atoms with E-state index in [-0.39, 0.29) is 5.91 Å². The highest BCUT2D eigenvalue weighted by Gasteiger charge is 2.17. The van der Waals surface area contributed by atoms with Gasteiger partial charge in [-0.05, 0) is 50.3 Å². The second-order valence-electron chi connectivity index (χ2n) is 5.05. The van der Waals surface area contributed by atoms with Crippen molar-refractivity contribution in [3.63, 3.8) is 0 Å². The predicted molar refractivity (Wildman–Crippen MR) is 85.1 cm³/mol. The summed E-state index contributed by atoms with van der Waals surface area (Å²) in [5.41, 5.74) is 2.77. The van der Waals surface area contributed by atoms with Crippen molar-refractivity contribution in [3.8, 4) is 0 Å². The van der Waals surface area contributed by atoms with Gasteiger partial charge in [-0.2, -0.15) is 0 Å². The van der Waals surface area contributed by atoms with Crippen molar-refractivity contribution in [2.24, 2.45) is 0 Å². The molecule has 0 atom stereocenters. The van der Waals surface area contributed by atoms with E-state index in [1.54, 1.807) is 17.4 Å². The maximum atomic E-state index is 12.3. The number of carbonyl (C=O) groups excluding carboxylic acids is 1. The molecule has 20 heavy (non-hydrogen) atoms. The molecule has 1 heterocycles. The Bertz CT molecular complexity index is 640. The third-order valence-corrected chi connectivity index (χ3v) is 4.88. The number of amides is 1. The number of rotatable bonds is 2. The highest BCUT2D eigenvalue weighted by molar-refractivity contribution is 7.80. The minimum Gasteiger partial charge on any atom is -0.298 e. The van der Waals surface area contributed by atoms with Gasteiger partial charge >= 0.3 is 0 Å². The number of anilines is 1. The summed E-state index contributed by atoms with van der Waals surface area (Å²) in [5.74, 6) is -0.107. The van der Waals surface area contributed by atoms with Gasteiger partial charge in [-0.1, -0.05) is 6.07 Å². The van der Waals surface area contributed by atoms with E-state index in [2.05, 4.69) is 22.9 Å². The van der Waals surface area contributed by atoms with E-state index in [0.717, 1.165) is 29.0 Å². The lowest BCUT2D eigenvalue weighted by molar-refractivity contribution is 0.102. The number of hydrogen-bond acceptors (Lipinski definition) is 4. The number of fused-ring (bicyclic) bond motifs is 1. The van der Waals surface area contributed by atoms with E-state index < -0.39 is 0 Å². The number of aromatic nitrogens is 1. The van der Waals surface area contributed by atoms with Gasteiger partial charge in [-0.15, -0.1) is 24.0 Å². The number of hydrogen-bond donors (Lipinski definition) is 2. The summed E-state index contributed by atoms with van der Waals surface area (Å²) in [6, 6.07) is 5.59. The number of nitrogens with zero attached hydrogens (tertiary/aromatic N) is 1. The maximum absolute atomic E-state index is 12.3. The summed E-state index contributed by atoms with van der Waals surface area (Å²) in [4.78, 5) is 19.0. The van der Waals surface area contributed by atoms with Gasteiger partial charge in [0, 0.05) is 15.3 Å². The molecule has 0 radical (unpaired) electrons. The molecular weight excluding hydrogens is 288 g/mol. The van der Waals surface area contributed by atoms with Gasteiger partial charge in [-0.3, -0.25) is 10.1 Å². The van der Waals surface area contributed by atoms with Crippen LogP contribution < -0.4 is 5.32 Å². The Balaban J connectivity index is 1.82. The Labute approximate surface area is 127 Å². The molecule has 0 saturated carbocycles. The molecule has 0 saturated heterocycles. The van der Waals surface area contributed by atoms with Crippen molar-refractivity contribution in [1.29, 1.82) is 0 Å². The molecule has 1 aromatic carbocycles. The maximum Gasteiger partial charge on any atom is 0.257 e. The zero-order valence-electron chi connectivity index (χ0n) is 11.3. The molecule has 5 heteroatoms. The quantitative estimate of drug-likeness (QED) is 0.827. The summed E-state index contributed by atoms with van der Waals surface area (Å²) in [6.07, 6.45) is 4.55. The zero-order chi connectivity index (χ0) is 14.1. The molecule has 1 aromatic heterocycles. The first-order valence-corrected chi connectivity index (χ1v) is 7.99. The van der Waals surface area contributed by atoms with Crippen LogP contribution in [0.4, 0.5) is 5.13 Å². The van der Waals surface area contributed by atoms with E-state index in [1.165, 1.54) is 17.7 Å². The Morgan fingerprint density at radius 3 is 2.95 bits per heavy atom. The standard InChI is InChI=1S/C15H16N2OS2/c1-9-6-7-10(19)8-11(9)14(18)17-15-16-12-4-2-3-5-13(12)20-15/h6-8,19H,2-5H2,1H3,(H,16,17,18). The van der Waals surface area contributed by atoms with Crippen LogP contribution in [0.2, 0.25) is 0 Å². The molecule has 1 aliphatic rings. The van der Waals surface area contributed by atoms with Crippen LogP contribution in [-0.2, 0) is 12.8 Å². The highest BCUT2D eigenvalue weighted by Crippen LogP contribution is 2.30. The van der Waals surface area contributed by atoms with E-state index in [0.29, 0.717) is 10.7 Å². The van der Waals surface area contributed by atoms with Gasteiger partial charge in [-0.25, -0.2) is 4.98 Å². The lowest BCUT2D eigenvalue weighted by Crippen LogP contribution is -2.13. The van der Waals surface area contributed by atoms with Gasteiger partial charge in [0.05, 0.1) is 5.69 Å². The topological polar surface area (TPSA) is 42.0 Å². The van der Waals surface area contributed by atoms with Gasteiger partial charge < -0.3 is 0 Å². The first-order valence-electron chi connectivity index (χ1n) is 6.73. The van der Waals surface area contributed by atoms with Crippen molar-refractivity contribution >= 4 is 35.0 Å². The first kappa shape index (κ1) is 13.6. The van der Waals surface area contributed by atoms with Crippen LogP contribution in [0.25, 0.3) is 0 Å². The average Bonchev–Trinajstić information content (AvgIpc) is 2.83. The normalized spacial score (nSPS) is 13.9. The molecule has 0 fully saturated rings. The van der Waals surface area contributed by atoms with Crippen LogP contribution in [0.1, 0.15) is 39.3 Å². The third-order valence-electron chi connectivity index (χ3n) is 3.53. The predicted octanol–water partition coefficient (Wildman–Crippen LogP) is 3.87. The number of benzene rings is 1. The van der Waals surface area contributed by atoms with Crippen LogP contribution in [0, 0.1) is 6.92 Å². The van der Waals surface area contributed by atoms with Crippen molar-refractivity contribution in [1.82, 2.24) is 4.98 Å². The van der Waals surface area contributed by atoms with E-state index in [4.69, 9.17) is 0 Å². The lowest BCUT2D eigenvalue weighted by atomic mass is 10.0. The van der Waals surface area contributed by atoms with Crippen molar-refractivity contribution in [2.75, 3.05) is 5.32 Å². The van der Waals surface area contributed by atoms with E-state index in [9.17, 15) is 4.79 Å². The smallest absolute Gasteiger partial charge is 0.257 e. The second kappa shape index (κ2) is 5.58. The second-order valence-corrected chi connectivity index (χ2v) is 6.65. The zero-order valence-corrected chi connectivity index (χ0v) is 13.0. The van der Waals surface area contributed by atoms with Crippen LogP contribution in [0.3, 0.4) is 0 Å². The molecular formula is C15H16N2OS2. The summed E-state index contributed by atoms with van der Waals surface area (Å²) >= 11 is 5.89. The Morgan fingerprint density at radius 1 is 1.35 bits per heavy atom. The van der Waals surface area contributed by atoms with Crippen LogP contribution in [0.15, 0.2) is 23.1 Å². The summed E-state index contributed by atoms with van der Waals surface area (Å²) in [6.45, 7) is 1.93. The van der Waals surface area contributed by atoms with Crippen molar-refractivity contribution in [2.45, 2.75) is 37.5 Å². The van der Waals surface area contributed by atoms with Gasteiger partial charge in [0.2, 0.25) is 0 Å². The summed E-state index contributed by atoms with van der Waals surface area (Å²) in [7, 11) is 0. The number of thiol groups is 1. The molecule has 3 nitrogen and oxygen atoms in total. The fraction of sp³-hybridized carbons (Fsp3) is 0.333. The third kappa shape index (κ3) is 2.74. The molecule has 0 aliphatic heterocycles. The Kier molecular flexibility index (Phi) is 3.81. The minimum absolute atomic E-state index is 0.107. The van der Waals surface area contributed by atoms with Crippen LogP contribution >= 0.6 is 24.0 Å². The van der Waals surface area contributed by atoms with Gasteiger partial charge in [0.25, 0.3) is 5.91 Å². The molecule has 2 aromatic rings. The van der Waals surface area contributed by atoms with E-state index in [1.807, 2.05) is 19.1 Å². The molecule has 0 unspecified atom stereocenters. The Morgan fingerprint density at radius 2 is 2.15 bits per heavy atom. The highest BCUT2D eigenvalue weighted by atomic mass is 32.1. The Hall–Kier alpha value is -1.33. The van der Waals surface area contributed by atoms with Crippen molar-refractivity contribution < 1.29 is 4.79 Å². The molecule has 0 spiro atoms. The van der Waals surface area contributed by atoms with Gasteiger partial charge in [0.15, 0.2) is 5.13 Å². The minimum atomic E-state index is -0.107. The number of carbonyl (C=O) groups is 1. The van der Waals surface area contributed by atoms with E-state index >= 15 is 0 Å². The molecule has 1 aliphatic carbocycles. The fourth-order valence-corrected chi connectivity index (χ4v) is 3.67. The molecule has 0 bridgehead atoms. The SMILES string of the molecule is Cc1ccc(S)cc1C(=O)Nc1nc2c(s1)CCCC2. The number of thiazole rings is 1. The molecule has 3 rings (SSSR count). The number of aryl methyl sites for hydroxylation is 3. The van der Waals surface area contributed by atoms with Crippen LogP contribution in [0.5, 0.6) is 0 Å². The number of nitrogens with one attached hydrogen (secondary N) is 1. The molecule has 104 valence electrons. The largest absolute Gasteiger partial charge is 0.298 e. The lowest BCUT2D eigenvalue weighted by Gasteiger charge is -2.06. The molecule has 1 N–H and O–H groups in total.